The molecule has 0 fully saturated rings. The number of ether oxygens (including phenoxy) is 5. The van der Waals surface area contributed by atoms with Crippen molar-refractivity contribution >= 4 is 5.91 Å². The van der Waals surface area contributed by atoms with Crippen LogP contribution < -0.4 is 23.7 Å². The van der Waals surface area contributed by atoms with E-state index >= 15 is 0 Å². The van der Waals surface area contributed by atoms with Crippen LogP contribution in [0.5, 0.6) is 46.0 Å². The molecule has 1 amide bonds. The summed E-state index contributed by atoms with van der Waals surface area (Å²) in [6.45, 7) is 3.25. The normalized spacial score (nSPS) is 19.8. The topological polar surface area (TPSA) is 89.9 Å². The molecular weight excluding hydrogens is 584 g/mol. The molecule has 4 aromatic carbocycles. The molecule has 4 aromatic rings. The molecule has 9 nitrogen and oxygen atoms in total. The number of methoxy groups -OCH3 is 1. The number of rotatable bonds is 1. The molecule has 0 aliphatic carbocycles. The molecule has 46 heavy (non-hydrogen) atoms. The van der Waals surface area contributed by atoms with Crippen LogP contribution in [0.3, 0.4) is 0 Å². The maximum atomic E-state index is 12.9. The van der Waals surface area contributed by atoms with Gasteiger partial charge in [-0.2, -0.15) is 0 Å². The molecule has 0 aromatic heterocycles. The SMILES string of the molecule is COc1cc2c3cc1Oc1cc(ccc1O)C[C@H]1c4c(cc5c(c4Oc4ccc(cc4)C[C@H]3N(C(C)=O)CC2)OCO5)CCN1C. The molecule has 0 saturated heterocycles. The maximum Gasteiger partial charge on any atom is 0.231 e. The number of benzene rings is 4. The third-order valence-corrected chi connectivity index (χ3v) is 9.78. The first kappa shape index (κ1) is 28.6. The van der Waals surface area contributed by atoms with Gasteiger partial charge in [-0.1, -0.05) is 18.2 Å². The lowest BCUT2D eigenvalue weighted by atomic mass is 9.87. The predicted octanol–water partition coefficient (Wildman–Crippen LogP) is 6.49. The Morgan fingerprint density at radius 2 is 1.61 bits per heavy atom. The minimum atomic E-state index is -0.202. The first-order chi connectivity index (χ1) is 22.4. The zero-order valence-electron chi connectivity index (χ0n) is 26.2. The minimum absolute atomic E-state index is 0.0193. The summed E-state index contributed by atoms with van der Waals surface area (Å²) in [4.78, 5) is 17.1. The van der Waals surface area contributed by atoms with Gasteiger partial charge in [0.1, 0.15) is 5.75 Å². The number of fused-ring (bicyclic) bond motifs is 3. The first-order valence-electron chi connectivity index (χ1n) is 15.8. The second kappa shape index (κ2) is 11.2. The Balaban J connectivity index is 1.31. The third-order valence-electron chi connectivity index (χ3n) is 9.78. The average molecular weight is 621 g/mol. The summed E-state index contributed by atoms with van der Waals surface area (Å²) < 4.78 is 30.8. The van der Waals surface area contributed by atoms with Crippen molar-refractivity contribution in [2.45, 2.75) is 44.7 Å². The lowest BCUT2D eigenvalue weighted by molar-refractivity contribution is -0.131. The molecule has 0 spiro atoms. The van der Waals surface area contributed by atoms with Crippen LogP contribution in [0.4, 0.5) is 0 Å². The number of aromatic hydroxyl groups is 1. The summed E-state index contributed by atoms with van der Waals surface area (Å²) in [6.07, 6.45) is 2.82. The zero-order chi connectivity index (χ0) is 31.5. The molecular formula is C37H36N2O7. The first-order valence-corrected chi connectivity index (χ1v) is 15.8. The van der Waals surface area contributed by atoms with E-state index < -0.39 is 0 Å². The smallest absolute Gasteiger partial charge is 0.231 e. The monoisotopic (exact) mass is 620 g/mol. The number of phenolic OH excluding ortho intramolecular Hbond substituents is 1. The average Bonchev–Trinajstić information content (AvgIpc) is 3.53. The predicted molar refractivity (Wildman–Crippen MR) is 171 cm³/mol. The highest BCUT2D eigenvalue weighted by Gasteiger charge is 2.35. The van der Waals surface area contributed by atoms with Gasteiger partial charge in [-0.25, -0.2) is 0 Å². The molecule has 5 heterocycles. The van der Waals surface area contributed by atoms with E-state index in [-0.39, 0.29) is 30.5 Å². The highest BCUT2D eigenvalue weighted by Crippen LogP contribution is 2.52. The van der Waals surface area contributed by atoms with Crippen molar-refractivity contribution in [3.63, 3.8) is 0 Å². The fourth-order valence-electron chi connectivity index (χ4n) is 7.37. The highest BCUT2D eigenvalue weighted by molar-refractivity contribution is 5.74. The molecule has 5 aliphatic heterocycles. The second-order valence-electron chi connectivity index (χ2n) is 12.5. The van der Waals surface area contributed by atoms with Crippen molar-refractivity contribution in [1.29, 1.82) is 0 Å². The Bertz CT molecular complexity index is 1850. The molecule has 5 aliphatic rings. The van der Waals surface area contributed by atoms with Crippen LogP contribution in [-0.2, 0) is 30.5 Å². The molecule has 1 N–H and O–H groups in total. The van der Waals surface area contributed by atoms with Crippen molar-refractivity contribution in [2.75, 3.05) is 34.0 Å². The van der Waals surface area contributed by atoms with Gasteiger partial charge in [0.15, 0.2) is 34.5 Å². The third kappa shape index (κ3) is 4.86. The zero-order valence-corrected chi connectivity index (χ0v) is 26.2. The van der Waals surface area contributed by atoms with E-state index in [0.29, 0.717) is 66.1 Å². The quantitative estimate of drug-likeness (QED) is 0.259. The molecule has 2 atom stereocenters. The fraction of sp³-hybridized carbons (Fsp3) is 0.324. The van der Waals surface area contributed by atoms with Crippen molar-refractivity contribution in [1.82, 2.24) is 9.80 Å². The van der Waals surface area contributed by atoms with Gasteiger partial charge >= 0.3 is 0 Å². The van der Waals surface area contributed by atoms with Crippen molar-refractivity contribution in [3.8, 4) is 46.0 Å². The van der Waals surface area contributed by atoms with E-state index in [2.05, 4.69) is 30.1 Å². The Hall–Kier alpha value is -4.89. The molecule has 0 unspecified atom stereocenters. The minimum Gasteiger partial charge on any atom is -0.504 e. The lowest BCUT2D eigenvalue weighted by Gasteiger charge is -2.37. The standard InChI is InChI=1S/C37H36N2O7/c1-21(40)39-13-11-24-17-32(42-3)33-19-27(24)28(39)14-22-4-7-26(8-5-22)45-37-35-25(18-34-36(37)44-20-43-34)10-12-38(2)29(35)15-23-6-9-30(41)31(16-23)46-33/h4-9,16-19,28-29,41H,10-15,20H2,1-3H3/t28-,29+/m1/s1. The van der Waals surface area contributed by atoms with Gasteiger partial charge in [0.25, 0.3) is 0 Å². The molecule has 6 bridgehead atoms. The number of hydrogen-bond donors (Lipinski definition) is 1. The summed E-state index contributed by atoms with van der Waals surface area (Å²) in [7, 11) is 3.74. The van der Waals surface area contributed by atoms with Crippen molar-refractivity contribution in [3.05, 3.63) is 94.0 Å². The summed E-state index contributed by atoms with van der Waals surface area (Å²) in [5.74, 6) is 4.14. The van der Waals surface area contributed by atoms with Gasteiger partial charge in [-0.05, 0) is 103 Å². The van der Waals surface area contributed by atoms with E-state index in [1.807, 2.05) is 41.3 Å². The van der Waals surface area contributed by atoms with Gasteiger partial charge < -0.3 is 33.7 Å². The van der Waals surface area contributed by atoms with Crippen LogP contribution in [0.1, 0.15) is 52.4 Å². The Labute approximate surface area is 267 Å². The second-order valence-corrected chi connectivity index (χ2v) is 12.5. The Morgan fingerprint density at radius 3 is 2.41 bits per heavy atom. The van der Waals surface area contributed by atoms with E-state index in [4.69, 9.17) is 23.7 Å². The van der Waals surface area contributed by atoms with Crippen LogP contribution in [0, 0.1) is 0 Å². The highest BCUT2D eigenvalue weighted by atomic mass is 16.7. The van der Waals surface area contributed by atoms with E-state index in [0.717, 1.165) is 40.8 Å². The summed E-state index contributed by atoms with van der Waals surface area (Å²) in [5.41, 5.74) is 6.42. The lowest BCUT2D eigenvalue weighted by Crippen LogP contribution is -2.39. The van der Waals surface area contributed by atoms with E-state index in [1.165, 1.54) is 5.56 Å². The van der Waals surface area contributed by atoms with Crippen molar-refractivity contribution in [2.24, 2.45) is 0 Å². The van der Waals surface area contributed by atoms with Crippen molar-refractivity contribution < 1.29 is 33.6 Å². The summed E-state index contributed by atoms with van der Waals surface area (Å²) in [6, 6.07) is 19.4. The fourth-order valence-corrected chi connectivity index (χ4v) is 7.37. The Kier molecular flexibility index (Phi) is 6.94. The van der Waals surface area contributed by atoms with Gasteiger partial charge in [-0.15, -0.1) is 0 Å². The van der Waals surface area contributed by atoms with Crippen LogP contribution in [0.15, 0.2) is 60.7 Å². The molecule has 0 saturated carbocycles. The largest absolute Gasteiger partial charge is 0.504 e. The molecule has 0 radical (unpaired) electrons. The van der Waals surface area contributed by atoms with Gasteiger partial charge in [-0.3, -0.25) is 9.69 Å². The molecule has 236 valence electrons. The molecule has 9 rings (SSSR count). The van der Waals surface area contributed by atoms with Crippen LogP contribution in [-0.4, -0.2) is 54.9 Å². The number of carbonyl (C=O) groups excluding carboxylic acids is 1. The number of carbonyl (C=O) groups is 1. The van der Waals surface area contributed by atoms with Crippen LogP contribution in [0.2, 0.25) is 0 Å². The number of nitrogens with zero attached hydrogens (tertiary/aromatic N) is 2. The number of phenols is 1. The van der Waals surface area contributed by atoms with Crippen LogP contribution in [0.25, 0.3) is 0 Å². The molecule has 9 heteroatoms. The van der Waals surface area contributed by atoms with Gasteiger partial charge in [0, 0.05) is 31.6 Å². The van der Waals surface area contributed by atoms with E-state index in [1.54, 1.807) is 20.1 Å². The Morgan fingerprint density at radius 1 is 0.826 bits per heavy atom. The van der Waals surface area contributed by atoms with Gasteiger partial charge in [0.2, 0.25) is 18.4 Å². The van der Waals surface area contributed by atoms with Crippen LogP contribution >= 0.6 is 0 Å². The number of hydrogen-bond acceptors (Lipinski definition) is 8. The van der Waals surface area contributed by atoms with Gasteiger partial charge in [0.05, 0.1) is 13.2 Å². The maximum absolute atomic E-state index is 12.9. The summed E-state index contributed by atoms with van der Waals surface area (Å²) in [5, 5.41) is 11.0. The van der Waals surface area contributed by atoms with E-state index in [9.17, 15) is 9.90 Å². The summed E-state index contributed by atoms with van der Waals surface area (Å²) >= 11 is 0. The number of amides is 1. The number of likely N-dealkylation sites (N-methyl/N-ethyl adjacent to an activating group) is 1.